The third kappa shape index (κ3) is 3.30. The molecule has 98 valence electrons. The normalized spacial score (nSPS) is 13.1. The lowest BCUT2D eigenvalue weighted by atomic mass is 9.82. The number of aromatic hydroxyl groups is 1. The Labute approximate surface area is 114 Å². The van der Waals surface area contributed by atoms with Crippen LogP contribution in [0.4, 0.5) is 8.78 Å². The quantitative estimate of drug-likeness (QED) is 0.767. The Bertz CT molecular complexity index is 421. The SMILES string of the molecule is CC(C)(C)[C@@H](N)c1cc(Br)c(F)c(F)c1O.Cl. The summed E-state index contributed by atoms with van der Waals surface area (Å²) in [5.74, 6) is -3.10. The van der Waals surface area contributed by atoms with E-state index in [4.69, 9.17) is 5.73 Å². The van der Waals surface area contributed by atoms with Crippen LogP contribution < -0.4 is 5.73 Å². The van der Waals surface area contributed by atoms with Gasteiger partial charge >= 0.3 is 0 Å². The monoisotopic (exact) mass is 329 g/mol. The molecule has 3 N–H and O–H groups in total. The molecule has 0 saturated carbocycles. The number of phenolic OH excluding ortho intramolecular Hbond substituents is 1. The summed E-state index contributed by atoms with van der Waals surface area (Å²) in [5, 5.41) is 9.52. The molecule has 1 rings (SSSR count). The molecule has 0 heterocycles. The third-order valence-corrected chi connectivity index (χ3v) is 3.01. The highest BCUT2D eigenvalue weighted by molar-refractivity contribution is 9.10. The van der Waals surface area contributed by atoms with E-state index in [1.807, 2.05) is 20.8 Å². The van der Waals surface area contributed by atoms with Crippen molar-refractivity contribution in [1.29, 1.82) is 0 Å². The molecule has 0 bridgehead atoms. The van der Waals surface area contributed by atoms with Gasteiger partial charge in [-0.25, -0.2) is 4.39 Å². The predicted octanol–water partition coefficient (Wildman–Crippen LogP) is 3.90. The summed E-state index contributed by atoms with van der Waals surface area (Å²) in [6.45, 7) is 5.56. The molecule has 0 aromatic heterocycles. The van der Waals surface area contributed by atoms with Crippen LogP contribution in [0.3, 0.4) is 0 Å². The van der Waals surface area contributed by atoms with Crippen LogP contribution in [0.1, 0.15) is 32.4 Å². The van der Waals surface area contributed by atoms with Gasteiger partial charge in [0, 0.05) is 11.6 Å². The fraction of sp³-hybridized carbons (Fsp3) is 0.455. The Hall–Kier alpha value is -0.390. The van der Waals surface area contributed by atoms with Crippen LogP contribution in [0.15, 0.2) is 10.5 Å². The van der Waals surface area contributed by atoms with Gasteiger partial charge in [-0.05, 0) is 27.4 Å². The minimum absolute atomic E-state index is 0. The summed E-state index contributed by atoms with van der Waals surface area (Å²) >= 11 is 2.88. The topological polar surface area (TPSA) is 46.2 Å². The maximum Gasteiger partial charge on any atom is 0.201 e. The van der Waals surface area contributed by atoms with E-state index in [-0.39, 0.29) is 27.9 Å². The molecule has 1 atom stereocenters. The standard InChI is InChI=1S/C11H14BrF2NO.ClH/c1-11(2,3)10(15)5-4-6(12)7(13)8(14)9(5)16;/h4,10,16H,15H2,1-3H3;1H/t10-;/m0./s1. The van der Waals surface area contributed by atoms with Crippen molar-refractivity contribution in [3.63, 3.8) is 0 Å². The van der Waals surface area contributed by atoms with E-state index in [1.54, 1.807) is 0 Å². The summed E-state index contributed by atoms with van der Waals surface area (Å²) in [5.41, 5.74) is 5.72. The van der Waals surface area contributed by atoms with E-state index < -0.39 is 23.4 Å². The van der Waals surface area contributed by atoms with Gasteiger partial charge in [0.15, 0.2) is 11.6 Å². The minimum Gasteiger partial charge on any atom is -0.505 e. The van der Waals surface area contributed by atoms with Crippen LogP contribution in [0.2, 0.25) is 0 Å². The molecule has 0 aliphatic rings. The number of hydrogen-bond acceptors (Lipinski definition) is 2. The first-order chi connectivity index (χ1) is 7.16. The number of rotatable bonds is 1. The van der Waals surface area contributed by atoms with Gasteiger partial charge in [0.1, 0.15) is 0 Å². The lowest BCUT2D eigenvalue weighted by Crippen LogP contribution is -2.26. The van der Waals surface area contributed by atoms with Gasteiger partial charge in [-0.2, -0.15) is 4.39 Å². The summed E-state index contributed by atoms with van der Waals surface area (Å²) in [6, 6.07) is 0.725. The molecule has 0 aliphatic carbocycles. The molecule has 0 aliphatic heterocycles. The molecule has 0 unspecified atom stereocenters. The third-order valence-electron chi connectivity index (χ3n) is 2.43. The van der Waals surface area contributed by atoms with Crippen molar-refractivity contribution < 1.29 is 13.9 Å². The van der Waals surface area contributed by atoms with Crippen LogP contribution in [0.5, 0.6) is 5.75 Å². The van der Waals surface area contributed by atoms with E-state index in [0.717, 1.165) is 0 Å². The number of nitrogens with two attached hydrogens (primary N) is 1. The van der Waals surface area contributed by atoms with Gasteiger partial charge in [-0.1, -0.05) is 20.8 Å². The zero-order chi connectivity index (χ0) is 12.7. The summed E-state index contributed by atoms with van der Waals surface area (Å²) in [4.78, 5) is 0. The van der Waals surface area contributed by atoms with Crippen molar-refractivity contribution in [2.45, 2.75) is 26.8 Å². The van der Waals surface area contributed by atoms with E-state index in [9.17, 15) is 13.9 Å². The fourth-order valence-electron chi connectivity index (χ4n) is 1.31. The highest BCUT2D eigenvalue weighted by atomic mass is 79.9. The first-order valence-corrected chi connectivity index (χ1v) is 5.57. The lowest BCUT2D eigenvalue weighted by Gasteiger charge is -2.28. The van der Waals surface area contributed by atoms with E-state index in [2.05, 4.69) is 15.9 Å². The number of halogens is 4. The second-order valence-corrected chi connectivity index (χ2v) is 5.62. The molecule has 0 fully saturated rings. The Morgan fingerprint density at radius 2 is 1.76 bits per heavy atom. The van der Waals surface area contributed by atoms with Gasteiger partial charge in [0.2, 0.25) is 5.82 Å². The highest BCUT2D eigenvalue weighted by Gasteiger charge is 2.28. The van der Waals surface area contributed by atoms with Crippen LogP contribution in [0, 0.1) is 17.0 Å². The van der Waals surface area contributed by atoms with Crippen molar-refractivity contribution >= 4 is 28.3 Å². The average Bonchev–Trinajstić information content (AvgIpc) is 2.18. The fourth-order valence-corrected chi connectivity index (χ4v) is 1.73. The molecule has 17 heavy (non-hydrogen) atoms. The molecule has 0 radical (unpaired) electrons. The second-order valence-electron chi connectivity index (χ2n) is 4.77. The largest absolute Gasteiger partial charge is 0.505 e. The molecule has 1 aromatic carbocycles. The van der Waals surface area contributed by atoms with Gasteiger partial charge in [0.25, 0.3) is 0 Å². The predicted molar refractivity (Wildman–Crippen MR) is 69.4 cm³/mol. The van der Waals surface area contributed by atoms with E-state index in [1.165, 1.54) is 6.07 Å². The molecule has 0 amide bonds. The zero-order valence-corrected chi connectivity index (χ0v) is 12.1. The van der Waals surface area contributed by atoms with E-state index >= 15 is 0 Å². The smallest absolute Gasteiger partial charge is 0.201 e. The maximum absolute atomic E-state index is 13.3. The van der Waals surface area contributed by atoms with Crippen molar-refractivity contribution in [2.24, 2.45) is 11.1 Å². The molecular formula is C11H15BrClF2NO. The number of phenols is 1. The first kappa shape index (κ1) is 16.6. The van der Waals surface area contributed by atoms with Crippen LogP contribution in [-0.4, -0.2) is 5.11 Å². The average molecular weight is 331 g/mol. The van der Waals surface area contributed by atoms with Crippen molar-refractivity contribution in [1.82, 2.24) is 0 Å². The first-order valence-electron chi connectivity index (χ1n) is 4.78. The molecule has 0 spiro atoms. The van der Waals surface area contributed by atoms with Crippen LogP contribution >= 0.6 is 28.3 Å². The van der Waals surface area contributed by atoms with E-state index in [0.29, 0.717) is 0 Å². The zero-order valence-electron chi connectivity index (χ0n) is 9.72. The number of hydrogen-bond donors (Lipinski definition) is 2. The lowest BCUT2D eigenvalue weighted by molar-refractivity contribution is 0.310. The van der Waals surface area contributed by atoms with Crippen LogP contribution in [-0.2, 0) is 0 Å². The molecule has 1 aromatic rings. The van der Waals surface area contributed by atoms with Crippen molar-refractivity contribution in [2.75, 3.05) is 0 Å². The van der Waals surface area contributed by atoms with Gasteiger partial charge in [-0.3, -0.25) is 0 Å². The minimum atomic E-state index is -1.27. The van der Waals surface area contributed by atoms with Gasteiger partial charge in [-0.15, -0.1) is 12.4 Å². The van der Waals surface area contributed by atoms with Gasteiger partial charge in [0.05, 0.1) is 4.47 Å². The van der Waals surface area contributed by atoms with Crippen molar-refractivity contribution in [3.8, 4) is 5.75 Å². The Kier molecular flexibility index (Phi) is 5.38. The van der Waals surface area contributed by atoms with Crippen molar-refractivity contribution in [3.05, 3.63) is 27.7 Å². The summed E-state index contributed by atoms with van der Waals surface area (Å²) in [6.07, 6.45) is 0. The molecular weight excluding hydrogens is 315 g/mol. The Balaban J connectivity index is 0.00000256. The second kappa shape index (κ2) is 5.50. The number of benzene rings is 1. The Morgan fingerprint density at radius 1 is 1.29 bits per heavy atom. The molecule has 2 nitrogen and oxygen atoms in total. The highest BCUT2D eigenvalue weighted by Crippen LogP contribution is 2.39. The molecule has 0 saturated heterocycles. The summed E-state index contributed by atoms with van der Waals surface area (Å²) in [7, 11) is 0. The summed E-state index contributed by atoms with van der Waals surface area (Å²) < 4.78 is 26.4. The molecule has 6 heteroatoms. The maximum atomic E-state index is 13.3. The Morgan fingerprint density at radius 3 is 2.18 bits per heavy atom. The van der Waals surface area contributed by atoms with Crippen LogP contribution in [0.25, 0.3) is 0 Å². The van der Waals surface area contributed by atoms with Gasteiger partial charge < -0.3 is 10.8 Å².